The molecule has 0 amide bonds. The zero-order chi connectivity index (χ0) is 11.1. The third kappa shape index (κ3) is 2.60. The van der Waals surface area contributed by atoms with E-state index in [4.69, 9.17) is 11.6 Å². The molecule has 0 bridgehead atoms. The number of nitrogens with zero attached hydrogens (tertiary/aromatic N) is 2. The topological polar surface area (TPSA) is 29.3 Å². The lowest BCUT2D eigenvalue weighted by atomic mass is 10.2. The lowest BCUT2D eigenvalue weighted by Crippen LogP contribution is -2.27. The molecule has 1 atom stereocenters. The summed E-state index contributed by atoms with van der Waals surface area (Å²) in [7, 11) is 0. The van der Waals surface area contributed by atoms with Crippen molar-refractivity contribution in [1.82, 2.24) is 14.7 Å². The molecule has 94 valence electrons. The minimum absolute atomic E-state index is 0. The molecule has 0 saturated heterocycles. The van der Waals surface area contributed by atoms with E-state index in [1.807, 2.05) is 11.6 Å². The van der Waals surface area contributed by atoms with Crippen molar-refractivity contribution in [1.29, 1.82) is 0 Å². The van der Waals surface area contributed by atoms with Crippen molar-refractivity contribution in [3.8, 4) is 0 Å². The molecule has 0 aromatic carbocycles. The van der Waals surface area contributed by atoms with E-state index in [2.05, 4.69) is 21.6 Å². The molecule has 1 N–H and O–H groups in total. The van der Waals surface area contributed by atoms with Crippen LogP contribution >= 0.6 is 35.3 Å². The van der Waals surface area contributed by atoms with Crippen molar-refractivity contribution in [2.45, 2.75) is 32.4 Å². The Kier molecular flexibility index (Phi) is 3.98. The molecule has 2 heterocycles. The summed E-state index contributed by atoms with van der Waals surface area (Å²) < 4.78 is 2.07. The minimum Gasteiger partial charge on any atom is -0.308 e. The van der Waals surface area contributed by atoms with Crippen LogP contribution in [-0.2, 0) is 6.54 Å². The number of imidazole rings is 1. The summed E-state index contributed by atoms with van der Waals surface area (Å²) in [6, 6.07) is 0.584. The van der Waals surface area contributed by atoms with E-state index in [1.54, 1.807) is 11.3 Å². The van der Waals surface area contributed by atoms with E-state index in [1.165, 1.54) is 12.8 Å². The molecule has 17 heavy (non-hydrogen) atoms. The number of nitrogens with one attached hydrogen (secondary N) is 1. The Hall–Kier alpha value is -0.290. The van der Waals surface area contributed by atoms with E-state index in [0.29, 0.717) is 11.2 Å². The first-order chi connectivity index (χ1) is 7.75. The SMILES string of the molecule is CC(NCc1c(Cl)nc2sccn12)C1CC1.Cl. The molecule has 1 saturated carbocycles. The van der Waals surface area contributed by atoms with E-state index in [-0.39, 0.29) is 12.4 Å². The highest BCUT2D eigenvalue weighted by atomic mass is 35.5. The molecule has 0 spiro atoms. The molecule has 2 aromatic rings. The second-order valence-corrected chi connectivity index (χ2v) is 5.64. The molecule has 1 fully saturated rings. The highest BCUT2D eigenvalue weighted by molar-refractivity contribution is 7.15. The van der Waals surface area contributed by atoms with E-state index < -0.39 is 0 Å². The minimum atomic E-state index is 0. The molecule has 1 aliphatic rings. The summed E-state index contributed by atoms with van der Waals surface area (Å²) in [6.45, 7) is 3.05. The molecule has 1 aliphatic carbocycles. The molecule has 2 aromatic heterocycles. The molecule has 0 aliphatic heterocycles. The smallest absolute Gasteiger partial charge is 0.195 e. The summed E-state index contributed by atoms with van der Waals surface area (Å²) in [5.74, 6) is 0.865. The lowest BCUT2D eigenvalue weighted by Gasteiger charge is -2.11. The van der Waals surface area contributed by atoms with Gasteiger partial charge in [-0.05, 0) is 25.7 Å². The van der Waals surface area contributed by atoms with Gasteiger partial charge in [0.1, 0.15) is 0 Å². The number of hydrogen-bond acceptors (Lipinski definition) is 3. The van der Waals surface area contributed by atoms with Crippen LogP contribution in [0.3, 0.4) is 0 Å². The third-order valence-electron chi connectivity index (χ3n) is 3.23. The fourth-order valence-electron chi connectivity index (χ4n) is 1.98. The quantitative estimate of drug-likeness (QED) is 0.936. The molecular formula is C11H15Cl2N3S. The van der Waals surface area contributed by atoms with Crippen LogP contribution in [0.15, 0.2) is 11.6 Å². The third-order valence-corrected chi connectivity index (χ3v) is 4.29. The van der Waals surface area contributed by atoms with Crippen molar-refractivity contribution in [2.75, 3.05) is 0 Å². The zero-order valence-electron chi connectivity index (χ0n) is 9.52. The Morgan fingerprint density at radius 1 is 1.65 bits per heavy atom. The maximum atomic E-state index is 6.12. The molecule has 0 radical (unpaired) electrons. The molecule has 1 unspecified atom stereocenters. The van der Waals surface area contributed by atoms with Crippen LogP contribution in [0.1, 0.15) is 25.5 Å². The molecular weight excluding hydrogens is 277 g/mol. The van der Waals surface area contributed by atoms with Gasteiger partial charge in [-0.2, -0.15) is 0 Å². The molecule has 6 heteroatoms. The average molecular weight is 292 g/mol. The van der Waals surface area contributed by atoms with E-state index in [0.717, 1.165) is 23.1 Å². The van der Waals surface area contributed by atoms with Crippen molar-refractivity contribution in [3.63, 3.8) is 0 Å². The average Bonchev–Trinajstić information content (AvgIpc) is 2.94. The number of rotatable bonds is 4. The van der Waals surface area contributed by atoms with Crippen LogP contribution in [0.5, 0.6) is 0 Å². The van der Waals surface area contributed by atoms with Gasteiger partial charge in [-0.3, -0.25) is 4.40 Å². The summed E-state index contributed by atoms with van der Waals surface area (Å²) in [6.07, 6.45) is 4.75. The van der Waals surface area contributed by atoms with Gasteiger partial charge in [0.05, 0.1) is 5.69 Å². The van der Waals surface area contributed by atoms with Crippen LogP contribution in [0, 0.1) is 5.92 Å². The van der Waals surface area contributed by atoms with Crippen LogP contribution in [0.4, 0.5) is 0 Å². The Balaban J connectivity index is 0.00000108. The van der Waals surface area contributed by atoms with E-state index >= 15 is 0 Å². The van der Waals surface area contributed by atoms with Crippen LogP contribution in [0.25, 0.3) is 4.96 Å². The maximum Gasteiger partial charge on any atom is 0.195 e. The molecule has 3 nitrogen and oxygen atoms in total. The van der Waals surface area contributed by atoms with Gasteiger partial charge in [-0.1, -0.05) is 11.6 Å². The fourth-order valence-corrected chi connectivity index (χ4v) is 3.01. The summed E-state index contributed by atoms with van der Waals surface area (Å²) in [5.41, 5.74) is 1.07. The normalized spacial score (nSPS) is 17.1. The number of halogens is 2. The number of aromatic nitrogens is 2. The second kappa shape index (κ2) is 5.14. The predicted molar refractivity (Wildman–Crippen MR) is 74.4 cm³/mol. The zero-order valence-corrected chi connectivity index (χ0v) is 11.9. The Labute approximate surface area is 116 Å². The van der Waals surface area contributed by atoms with Gasteiger partial charge in [0.25, 0.3) is 0 Å². The van der Waals surface area contributed by atoms with Crippen LogP contribution < -0.4 is 5.32 Å². The van der Waals surface area contributed by atoms with Gasteiger partial charge >= 0.3 is 0 Å². The first-order valence-electron chi connectivity index (χ1n) is 5.59. The van der Waals surface area contributed by atoms with E-state index in [9.17, 15) is 0 Å². The Morgan fingerprint density at radius 2 is 2.41 bits per heavy atom. The van der Waals surface area contributed by atoms with Gasteiger partial charge < -0.3 is 5.32 Å². The second-order valence-electron chi connectivity index (χ2n) is 4.41. The predicted octanol–water partition coefficient (Wildman–Crippen LogP) is 3.36. The van der Waals surface area contributed by atoms with Crippen molar-refractivity contribution < 1.29 is 0 Å². The highest BCUT2D eigenvalue weighted by Crippen LogP contribution is 2.32. The van der Waals surface area contributed by atoms with Crippen LogP contribution in [-0.4, -0.2) is 15.4 Å². The summed E-state index contributed by atoms with van der Waals surface area (Å²) in [4.78, 5) is 5.29. The lowest BCUT2D eigenvalue weighted by molar-refractivity contribution is 0.491. The first kappa shape index (κ1) is 13.1. The van der Waals surface area contributed by atoms with Gasteiger partial charge in [0.2, 0.25) is 0 Å². The summed E-state index contributed by atoms with van der Waals surface area (Å²) in [5, 5.41) is 6.19. The van der Waals surface area contributed by atoms with Gasteiger partial charge in [0, 0.05) is 24.2 Å². The van der Waals surface area contributed by atoms with Crippen LogP contribution in [0.2, 0.25) is 5.15 Å². The Bertz CT molecular complexity index is 504. The first-order valence-corrected chi connectivity index (χ1v) is 6.85. The molecule has 3 rings (SSSR count). The monoisotopic (exact) mass is 291 g/mol. The van der Waals surface area contributed by atoms with Gasteiger partial charge in [0.15, 0.2) is 10.1 Å². The number of thiazole rings is 1. The van der Waals surface area contributed by atoms with Crippen molar-refractivity contribution in [2.24, 2.45) is 5.92 Å². The number of fused-ring (bicyclic) bond motifs is 1. The maximum absolute atomic E-state index is 6.12. The largest absolute Gasteiger partial charge is 0.308 e. The standard InChI is InChI=1S/C11H14ClN3S.ClH/c1-7(8-2-3-8)13-6-9-10(12)14-11-15(9)4-5-16-11;/h4-5,7-8,13H,2-3,6H2,1H3;1H. The van der Waals surface area contributed by atoms with Crippen molar-refractivity contribution in [3.05, 3.63) is 22.4 Å². The van der Waals surface area contributed by atoms with Gasteiger partial charge in [-0.25, -0.2) is 4.98 Å². The van der Waals surface area contributed by atoms with Gasteiger partial charge in [-0.15, -0.1) is 23.7 Å². The van der Waals surface area contributed by atoms with Crippen molar-refractivity contribution >= 4 is 40.3 Å². The fraction of sp³-hybridized carbons (Fsp3) is 0.545. The number of hydrogen-bond donors (Lipinski definition) is 1. The Morgan fingerprint density at radius 3 is 3.12 bits per heavy atom. The summed E-state index contributed by atoms with van der Waals surface area (Å²) >= 11 is 7.74. The highest BCUT2D eigenvalue weighted by Gasteiger charge is 2.27.